The van der Waals surface area contributed by atoms with Gasteiger partial charge in [-0.05, 0) is 68.3 Å². The van der Waals surface area contributed by atoms with E-state index in [9.17, 15) is 29.1 Å². The fourth-order valence-corrected chi connectivity index (χ4v) is 8.94. The summed E-state index contributed by atoms with van der Waals surface area (Å²) in [6.45, 7) is 1.71. The number of benzene rings is 5. The van der Waals surface area contributed by atoms with Gasteiger partial charge >= 0.3 is 29.8 Å². The van der Waals surface area contributed by atoms with Crippen LogP contribution in [0.5, 0.6) is 0 Å². The van der Waals surface area contributed by atoms with E-state index in [1.165, 1.54) is 36.4 Å². The first-order valence-corrected chi connectivity index (χ1v) is 25.4. The highest BCUT2D eigenvalue weighted by Crippen LogP contribution is 2.40. The third-order valence-electron chi connectivity index (χ3n) is 12.8. The predicted molar refractivity (Wildman–Crippen MR) is 267 cm³/mol. The molecule has 0 radical (unpaired) electrons. The first-order valence-electron chi connectivity index (χ1n) is 25.4. The normalized spacial score (nSPS) is 24.5. The minimum atomic E-state index is -1.71. The van der Waals surface area contributed by atoms with Gasteiger partial charge in [0.05, 0.1) is 35.5 Å². The molecule has 0 aliphatic carbocycles. The van der Waals surface area contributed by atoms with Gasteiger partial charge in [0, 0.05) is 18.6 Å². The second-order valence-corrected chi connectivity index (χ2v) is 18.1. The van der Waals surface area contributed by atoms with Crippen LogP contribution in [0.15, 0.2) is 152 Å². The number of unbranched alkanes of at least 4 members (excludes halogenated alkanes) is 5. The quantitative estimate of drug-likeness (QED) is 0.0351. The fourth-order valence-electron chi connectivity index (χ4n) is 8.94. The summed E-state index contributed by atoms with van der Waals surface area (Å²) in [4.78, 5) is 67.6. The molecule has 5 aromatic rings. The van der Waals surface area contributed by atoms with Gasteiger partial charge in [0.25, 0.3) is 0 Å². The van der Waals surface area contributed by atoms with Crippen molar-refractivity contribution in [2.75, 3.05) is 26.4 Å². The van der Waals surface area contributed by atoms with Crippen LogP contribution < -0.4 is 0 Å². The van der Waals surface area contributed by atoms with Crippen molar-refractivity contribution in [3.05, 3.63) is 179 Å². The van der Waals surface area contributed by atoms with E-state index in [0.29, 0.717) is 25.0 Å². The van der Waals surface area contributed by atoms with Crippen molar-refractivity contribution in [2.45, 2.75) is 120 Å². The molecule has 396 valence electrons. The molecule has 3 saturated heterocycles. The van der Waals surface area contributed by atoms with Crippen LogP contribution >= 0.6 is 0 Å². The van der Waals surface area contributed by atoms with Crippen molar-refractivity contribution in [3.63, 3.8) is 0 Å². The molecule has 75 heavy (non-hydrogen) atoms. The van der Waals surface area contributed by atoms with Crippen LogP contribution in [0.2, 0.25) is 0 Å². The summed E-state index contributed by atoms with van der Waals surface area (Å²) in [6, 6.07) is 41.5. The number of carbonyl (C=O) groups is 5. The minimum absolute atomic E-state index is 0.00928. The topological polar surface area (TPSA) is 207 Å². The SMILES string of the molecule is CCOC(=O)CCCCCCCCO[C@H]1O[C@@H]2CO[C@@H](c3ccccc3)O[C@H]2[C@H](O[C@@H]2O[C@@H]([C@@H](COC(=O)c3ccccc3)OC(=O)c3ccccc3)[C@H](OC(=O)c3ccccc3)[C@H]2OC(=O)c2ccccc2)[C@@H]1O. The van der Waals surface area contributed by atoms with Crippen molar-refractivity contribution in [2.24, 2.45) is 0 Å². The third kappa shape index (κ3) is 14.9. The molecular weight excluding hydrogens is 969 g/mol. The Hall–Kier alpha value is -6.83. The van der Waals surface area contributed by atoms with Gasteiger partial charge in [-0.1, -0.05) is 129 Å². The van der Waals surface area contributed by atoms with Crippen molar-refractivity contribution < 1.29 is 81.2 Å². The van der Waals surface area contributed by atoms with Gasteiger partial charge in [0.15, 0.2) is 37.2 Å². The van der Waals surface area contributed by atoms with Gasteiger partial charge in [-0.3, -0.25) is 4.79 Å². The highest BCUT2D eigenvalue weighted by molar-refractivity contribution is 5.91. The van der Waals surface area contributed by atoms with Crippen LogP contribution in [0.25, 0.3) is 0 Å². The zero-order valence-corrected chi connectivity index (χ0v) is 41.5. The highest BCUT2D eigenvalue weighted by atomic mass is 16.8. The van der Waals surface area contributed by atoms with E-state index in [2.05, 4.69) is 0 Å². The first kappa shape index (κ1) is 54.4. The number of hydrogen-bond donors (Lipinski definition) is 1. The number of hydrogen-bond acceptors (Lipinski definition) is 17. The van der Waals surface area contributed by atoms with E-state index in [1.807, 2.05) is 30.3 Å². The molecule has 0 spiro atoms. The number of aliphatic hydroxyl groups is 1. The molecule has 0 bridgehead atoms. The average molecular weight is 1030 g/mol. The number of aliphatic hydroxyl groups excluding tert-OH is 1. The van der Waals surface area contributed by atoms with Crippen molar-refractivity contribution in [1.29, 1.82) is 0 Å². The second kappa shape index (κ2) is 27.6. The molecule has 0 unspecified atom stereocenters. The molecule has 17 heteroatoms. The lowest BCUT2D eigenvalue weighted by Gasteiger charge is -2.48. The Morgan fingerprint density at radius 2 is 1.08 bits per heavy atom. The summed E-state index contributed by atoms with van der Waals surface area (Å²) >= 11 is 0. The molecule has 1 N–H and O–H groups in total. The summed E-state index contributed by atoms with van der Waals surface area (Å²) in [5.41, 5.74) is 1.28. The lowest BCUT2D eigenvalue weighted by molar-refractivity contribution is -0.379. The molecule has 3 fully saturated rings. The van der Waals surface area contributed by atoms with E-state index in [-0.39, 0.29) is 41.4 Å². The van der Waals surface area contributed by atoms with Crippen LogP contribution in [-0.4, -0.2) is 123 Å². The number of rotatable bonds is 24. The molecule has 5 aromatic carbocycles. The van der Waals surface area contributed by atoms with Crippen LogP contribution in [0.1, 0.15) is 105 Å². The Kier molecular flexibility index (Phi) is 20.1. The monoisotopic (exact) mass is 1030 g/mol. The van der Waals surface area contributed by atoms with Crippen LogP contribution in [0.3, 0.4) is 0 Å². The van der Waals surface area contributed by atoms with Gasteiger partial charge in [-0.2, -0.15) is 0 Å². The summed E-state index contributed by atoms with van der Waals surface area (Å²) in [5.74, 6) is -3.51. The fraction of sp³-hybridized carbons (Fsp3) is 0.397. The summed E-state index contributed by atoms with van der Waals surface area (Å²) in [7, 11) is 0. The molecule has 0 amide bonds. The molecule has 0 saturated carbocycles. The van der Waals surface area contributed by atoms with Crippen molar-refractivity contribution in [3.8, 4) is 0 Å². The third-order valence-corrected chi connectivity index (χ3v) is 12.8. The molecule has 3 heterocycles. The first-order chi connectivity index (χ1) is 36.7. The number of ether oxygens (including phenoxy) is 11. The molecule has 0 aromatic heterocycles. The zero-order chi connectivity index (χ0) is 52.4. The smallest absolute Gasteiger partial charge is 0.338 e. The Bertz CT molecular complexity index is 2570. The largest absolute Gasteiger partial charge is 0.466 e. The molecule has 3 aliphatic heterocycles. The van der Waals surface area contributed by atoms with Crippen molar-refractivity contribution in [1.82, 2.24) is 0 Å². The van der Waals surface area contributed by atoms with Crippen LogP contribution in [0, 0.1) is 0 Å². The van der Waals surface area contributed by atoms with E-state index >= 15 is 0 Å². The van der Waals surface area contributed by atoms with Gasteiger partial charge in [-0.15, -0.1) is 0 Å². The van der Waals surface area contributed by atoms with E-state index in [4.69, 9.17) is 52.1 Å². The number of carbonyl (C=O) groups excluding carboxylic acids is 5. The Morgan fingerprint density at radius 3 is 1.67 bits per heavy atom. The lowest BCUT2D eigenvalue weighted by Crippen LogP contribution is -2.64. The summed E-state index contributed by atoms with van der Waals surface area (Å²) in [6.07, 6.45) is -9.89. The maximum absolute atomic E-state index is 14.2. The zero-order valence-electron chi connectivity index (χ0n) is 41.5. The van der Waals surface area contributed by atoms with Gasteiger partial charge in [0.1, 0.15) is 37.1 Å². The summed E-state index contributed by atoms with van der Waals surface area (Å²) in [5, 5.41) is 12.3. The Morgan fingerprint density at radius 1 is 0.560 bits per heavy atom. The highest BCUT2D eigenvalue weighted by Gasteiger charge is 2.58. The Labute approximate surface area is 435 Å². The number of esters is 5. The van der Waals surface area contributed by atoms with Gasteiger partial charge in [0.2, 0.25) is 0 Å². The van der Waals surface area contributed by atoms with Gasteiger partial charge < -0.3 is 57.2 Å². The molecular formula is C58H62O17. The molecule has 3 aliphatic rings. The second-order valence-electron chi connectivity index (χ2n) is 18.1. The van der Waals surface area contributed by atoms with Crippen LogP contribution in [0.4, 0.5) is 0 Å². The molecule has 8 rings (SSSR count). The maximum Gasteiger partial charge on any atom is 0.338 e. The maximum atomic E-state index is 14.2. The Balaban J connectivity index is 1.11. The molecule has 11 atom stereocenters. The lowest BCUT2D eigenvalue weighted by atomic mass is 9.97. The van der Waals surface area contributed by atoms with E-state index in [1.54, 1.807) is 91.9 Å². The van der Waals surface area contributed by atoms with Crippen LogP contribution in [-0.2, 0) is 56.9 Å². The number of fused-ring (bicyclic) bond motifs is 1. The van der Waals surface area contributed by atoms with Crippen molar-refractivity contribution >= 4 is 29.8 Å². The standard InChI is InChI=1S/C58H62O17/c1-2-65-45(59)34-22-5-3-4-6-23-35-66-57-46(60)49(47-44(70-57)37-68-56(73-47)42-32-20-11-21-33-42)75-58-51(72-55(64)41-30-18-10-19-31-41)50(71-54(63)40-28-16-9-17-29-40)48(74-58)43(69-53(62)39-26-14-8-15-27-39)36-67-52(61)38-24-12-7-13-25-38/h7-21,24-33,43-44,46-51,56-58,60H,2-6,22-23,34-37H2,1H3/t43-,44-,46+,47-,48+,49-,50+,51-,56-,57+,58+/m1/s1. The predicted octanol–water partition coefficient (Wildman–Crippen LogP) is 8.14. The summed E-state index contributed by atoms with van der Waals surface area (Å²) < 4.78 is 68.3. The van der Waals surface area contributed by atoms with E-state index < -0.39 is 98.2 Å². The van der Waals surface area contributed by atoms with Gasteiger partial charge in [-0.25, -0.2) is 19.2 Å². The molecule has 17 nitrogen and oxygen atoms in total. The van der Waals surface area contributed by atoms with E-state index in [0.717, 1.165) is 32.1 Å². The minimum Gasteiger partial charge on any atom is -0.466 e. The average Bonchev–Trinajstić information content (AvgIpc) is 3.79.